The molecular formula is C15H31NO2Si. The van der Waals surface area contributed by atoms with Gasteiger partial charge in [0.15, 0.2) is 0 Å². The van der Waals surface area contributed by atoms with Crippen LogP contribution in [0, 0.1) is 0 Å². The summed E-state index contributed by atoms with van der Waals surface area (Å²) in [5.74, 6) is 0. The number of hydrogen-bond donors (Lipinski definition) is 1. The molecule has 0 aromatic heterocycles. The number of nitrogens with one attached hydrogen (secondary N) is 1. The minimum absolute atomic E-state index is 0.645. The molecule has 0 atom stereocenters. The highest BCUT2D eigenvalue weighted by Gasteiger charge is 2.48. The van der Waals surface area contributed by atoms with Gasteiger partial charge < -0.3 is 8.85 Å². The van der Waals surface area contributed by atoms with Crippen molar-refractivity contribution in [3.63, 3.8) is 0 Å². The normalized spacial score (nSPS) is 23.1. The van der Waals surface area contributed by atoms with Gasteiger partial charge in [-0.3, -0.25) is 4.98 Å². The highest BCUT2D eigenvalue weighted by molar-refractivity contribution is 6.66. The summed E-state index contributed by atoms with van der Waals surface area (Å²) < 4.78 is 12.6. The fourth-order valence-corrected chi connectivity index (χ4v) is 7.59. The van der Waals surface area contributed by atoms with Crippen LogP contribution in [0.3, 0.4) is 0 Å². The molecule has 0 unspecified atom stereocenters. The zero-order valence-corrected chi connectivity index (χ0v) is 13.7. The summed E-state index contributed by atoms with van der Waals surface area (Å²) in [6, 6.07) is 0.645. The first-order chi connectivity index (χ1) is 9.30. The van der Waals surface area contributed by atoms with Gasteiger partial charge in [-0.15, -0.1) is 0 Å². The molecule has 0 amide bonds. The zero-order valence-electron chi connectivity index (χ0n) is 12.7. The molecule has 2 fully saturated rings. The highest BCUT2D eigenvalue weighted by atomic mass is 28.4. The van der Waals surface area contributed by atoms with Crippen LogP contribution in [-0.2, 0) is 8.85 Å². The van der Waals surface area contributed by atoms with E-state index in [-0.39, 0.29) is 0 Å². The highest BCUT2D eigenvalue weighted by Crippen LogP contribution is 2.38. The summed E-state index contributed by atoms with van der Waals surface area (Å²) in [5.41, 5.74) is 0.654. The third kappa shape index (κ3) is 4.03. The standard InChI is InChI=1S/C15H31NO2Si/c1-3-17-19(18-4-2,15-12-6-5-7-13-15)16-14-10-8-9-11-14/h14-16H,3-13H2,1-2H3. The van der Waals surface area contributed by atoms with E-state index in [1.165, 1.54) is 57.8 Å². The molecule has 112 valence electrons. The Kier molecular flexibility index (Phi) is 6.33. The van der Waals surface area contributed by atoms with Gasteiger partial charge in [-0.25, -0.2) is 0 Å². The third-order valence-electron chi connectivity index (χ3n) is 4.62. The van der Waals surface area contributed by atoms with E-state index in [9.17, 15) is 0 Å². The number of rotatable bonds is 7. The molecule has 0 aromatic carbocycles. The molecule has 0 aliphatic heterocycles. The average molecular weight is 286 g/mol. The molecule has 1 N–H and O–H groups in total. The summed E-state index contributed by atoms with van der Waals surface area (Å²) in [4.78, 5) is 3.90. The van der Waals surface area contributed by atoms with Crippen molar-refractivity contribution in [1.29, 1.82) is 0 Å². The summed E-state index contributed by atoms with van der Waals surface area (Å²) in [7, 11) is -2.21. The maximum Gasteiger partial charge on any atom is 0.428 e. The van der Waals surface area contributed by atoms with Crippen molar-refractivity contribution >= 4 is 8.72 Å². The lowest BCUT2D eigenvalue weighted by atomic mass is 10.0. The Hall–Kier alpha value is 0.0969. The van der Waals surface area contributed by atoms with Crippen LogP contribution in [0.25, 0.3) is 0 Å². The van der Waals surface area contributed by atoms with Gasteiger partial charge in [0.05, 0.1) is 0 Å². The van der Waals surface area contributed by atoms with E-state index < -0.39 is 8.72 Å². The van der Waals surface area contributed by atoms with Crippen molar-refractivity contribution in [3.05, 3.63) is 0 Å². The Morgan fingerprint density at radius 1 is 0.842 bits per heavy atom. The molecule has 0 aromatic rings. The second-order valence-corrected chi connectivity index (χ2v) is 9.01. The second kappa shape index (κ2) is 7.77. The van der Waals surface area contributed by atoms with Gasteiger partial charge in [0.25, 0.3) is 0 Å². The molecule has 2 aliphatic rings. The van der Waals surface area contributed by atoms with Crippen LogP contribution >= 0.6 is 0 Å². The first-order valence-corrected chi connectivity index (χ1v) is 10.3. The van der Waals surface area contributed by atoms with Crippen LogP contribution in [0.15, 0.2) is 0 Å². The molecule has 19 heavy (non-hydrogen) atoms. The summed E-state index contributed by atoms with van der Waals surface area (Å²) >= 11 is 0. The Balaban J connectivity index is 2.07. The maximum atomic E-state index is 6.28. The fourth-order valence-electron chi connectivity index (χ4n) is 3.74. The van der Waals surface area contributed by atoms with Crippen LogP contribution in [0.4, 0.5) is 0 Å². The predicted molar refractivity (Wildman–Crippen MR) is 81.2 cm³/mol. The number of hydrogen-bond acceptors (Lipinski definition) is 3. The van der Waals surface area contributed by atoms with E-state index in [1.54, 1.807) is 0 Å². The zero-order chi connectivity index (χ0) is 13.6. The van der Waals surface area contributed by atoms with Gasteiger partial charge in [-0.05, 0) is 39.5 Å². The minimum atomic E-state index is -2.21. The molecular weight excluding hydrogens is 254 g/mol. The van der Waals surface area contributed by atoms with Gasteiger partial charge in [-0.2, -0.15) is 0 Å². The molecule has 2 aliphatic carbocycles. The molecule has 2 saturated carbocycles. The van der Waals surface area contributed by atoms with E-state index in [1.807, 2.05) is 0 Å². The Morgan fingerprint density at radius 3 is 1.89 bits per heavy atom. The van der Waals surface area contributed by atoms with Crippen molar-refractivity contribution < 1.29 is 8.85 Å². The second-order valence-electron chi connectivity index (χ2n) is 5.99. The summed E-state index contributed by atoms with van der Waals surface area (Å²) in [6.07, 6.45) is 12.0. The SMILES string of the molecule is CCO[Si](NC1CCCC1)(OCC)C1CCCCC1. The Labute approximate surface area is 119 Å². The lowest BCUT2D eigenvalue weighted by Crippen LogP contribution is -2.62. The van der Waals surface area contributed by atoms with Crippen molar-refractivity contribution in [3.8, 4) is 0 Å². The van der Waals surface area contributed by atoms with Crippen molar-refractivity contribution in [2.75, 3.05) is 13.2 Å². The summed E-state index contributed by atoms with van der Waals surface area (Å²) in [6.45, 7) is 5.78. The maximum absolute atomic E-state index is 6.28. The van der Waals surface area contributed by atoms with Crippen molar-refractivity contribution in [2.45, 2.75) is 83.2 Å². The van der Waals surface area contributed by atoms with Gasteiger partial charge in [0, 0.05) is 24.8 Å². The lowest BCUT2D eigenvalue weighted by molar-refractivity contribution is 0.148. The molecule has 0 heterocycles. The van der Waals surface area contributed by atoms with Gasteiger partial charge in [-0.1, -0.05) is 32.1 Å². The molecule has 0 bridgehead atoms. The van der Waals surface area contributed by atoms with Crippen LogP contribution < -0.4 is 4.98 Å². The first kappa shape index (κ1) is 15.5. The molecule has 4 heteroatoms. The monoisotopic (exact) mass is 285 g/mol. The third-order valence-corrected chi connectivity index (χ3v) is 8.52. The molecule has 3 nitrogen and oxygen atoms in total. The van der Waals surface area contributed by atoms with Gasteiger partial charge in [0.1, 0.15) is 0 Å². The van der Waals surface area contributed by atoms with E-state index in [0.29, 0.717) is 11.6 Å². The smallest absolute Gasteiger partial charge is 0.383 e. The van der Waals surface area contributed by atoms with Gasteiger partial charge >= 0.3 is 8.72 Å². The van der Waals surface area contributed by atoms with Crippen molar-refractivity contribution in [2.24, 2.45) is 0 Å². The van der Waals surface area contributed by atoms with Crippen LogP contribution in [0.1, 0.15) is 71.6 Å². The fraction of sp³-hybridized carbons (Fsp3) is 1.00. The van der Waals surface area contributed by atoms with Crippen LogP contribution in [0.5, 0.6) is 0 Å². The van der Waals surface area contributed by atoms with E-state index in [4.69, 9.17) is 8.85 Å². The van der Waals surface area contributed by atoms with Gasteiger partial charge in [0.2, 0.25) is 0 Å². The van der Waals surface area contributed by atoms with E-state index in [0.717, 1.165) is 13.2 Å². The van der Waals surface area contributed by atoms with Crippen LogP contribution in [0.2, 0.25) is 5.54 Å². The molecule has 0 spiro atoms. The quantitative estimate of drug-likeness (QED) is 0.720. The topological polar surface area (TPSA) is 30.5 Å². The molecule has 0 saturated heterocycles. The van der Waals surface area contributed by atoms with E-state index in [2.05, 4.69) is 18.8 Å². The summed E-state index contributed by atoms with van der Waals surface area (Å²) in [5, 5.41) is 0. The van der Waals surface area contributed by atoms with Crippen molar-refractivity contribution in [1.82, 2.24) is 4.98 Å². The molecule has 0 radical (unpaired) electrons. The first-order valence-electron chi connectivity index (χ1n) is 8.36. The minimum Gasteiger partial charge on any atom is -0.383 e. The Morgan fingerprint density at radius 2 is 1.37 bits per heavy atom. The van der Waals surface area contributed by atoms with E-state index >= 15 is 0 Å². The average Bonchev–Trinajstić information content (AvgIpc) is 2.93. The molecule has 2 rings (SSSR count). The predicted octanol–water partition coefficient (Wildman–Crippen LogP) is 3.86. The Bertz CT molecular complexity index is 245. The lowest BCUT2D eigenvalue weighted by Gasteiger charge is -2.40. The van der Waals surface area contributed by atoms with Crippen LogP contribution in [-0.4, -0.2) is 28.0 Å². The largest absolute Gasteiger partial charge is 0.428 e.